The molecule has 0 aromatic heterocycles. The predicted molar refractivity (Wildman–Crippen MR) is 45.3 cm³/mol. The summed E-state index contributed by atoms with van der Waals surface area (Å²) in [6, 6.07) is 7.64. The van der Waals surface area contributed by atoms with Crippen molar-refractivity contribution in [3.05, 3.63) is 35.5 Å². The summed E-state index contributed by atoms with van der Waals surface area (Å²) >= 11 is 0. The van der Waals surface area contributed by atoms with Crippen LogP contribution in [0.2, 0.25) is 0 Å². The van der Waals surface area contributed by atoms with Gasteiger partial charge >= 0.3 is 0 Å². The molecule has 12 heavy (non-hydrogen) atoms. The van der Waals surface area contributed by atoms with Crippen LogP contribution in [0.1, 0.15) is 5.56 Å². The van der Waals surface area contributed by atoms with Gasteiger partial charge in [-0.25, -0.2) is 5.48 Å². The molecule has 2 rings (SSSR count). The monoisotopic (exact) mass is 163 g/mol. The molecule has 3 nitrogen and oxygen atoms in total. The first-order valence-corrected chi connectivity index (χ1v) is 3.73. The lowest BCUT2D eigenvalue weighted by Crippen LogP contribution is -2.23. The van der Waals surface area contributed by atoms with Crippen LogP contribution in [0.5, 0.6) is 5.75 Å². The van der Waals surface area contributed by atoms with Gasteiger partial charge in [-0.15, -0.1) is 0 Å². The second-order valence-electron chi connectivity index (χ2n) is 2.57. The van der Waals surface area contributed by atoms with E-state index < -0.39 is 0 Å². The first-order chi connectivity index (χ1) is 5.90. The molecule has 2 N–H and O–H groups in total. The number of para-hydroxylation sites is 1. The quantitative estimate of drug-likeness (QED) is 0.646. The molecular formula is C9H9NO2. The van der Waals surface area contributed by atoms with Crippen LogP contribution in [-0.2, 0) is 0 Å². The van der Waals surface area contributed by atoms with Crippen molar-refractivity contribution < 1.29 is 9.94 Å². The molecule has 0 atom stereocenters. The number of hydrogen-bond donors (Lipinski definition) is 2. The number of rotatable bonds is 1. The Kier molecular flexibility index (Phi) is 1.72. The van der Waals surface area contributed by atoms with E-state index in [-0.39, 0.29) is 6.61 Å². The zero-order valence-electron chi connectivity index (χ0n) is 6.45. The van der Waals surface area contributed by atoms with E-state index in [2.05, 4.69) is 5.48 Å². The summed E-state index contributed by atoms with van der Waals surface area (Å²) in [5.41, 5.74) is 4.30. The number of nitrogens with one attached hydrogen (secondary N) is 1. The lowest BCUT2D eigenvalue weighted by molar-refractivity contribution is 0.197. The van der Waals surface area contributed by atoms with Gasteiger partial charge in [-0.05, 0) is 12.1 Å². The zero-order chi connectivity index (χ0) is 8.39. The summed E-state index contributed by atoms with van der Waals surface area (Å²) in [6.07, 6.45) is 1.86. The Morgan fingerprint density at radius 2 is 2.17 bits per heavy atom. The highest BCUT2D eigenvalue weighted by Crippen LogP contribution is 2.22. The SMILES string of the molecule is OCC1=Cc2ccccc2ON1. The van der Waals surface area contributed by atoms with Gasteiger partial charge in [0.2, 0.25) is 0 Å². The van der Waals surface area contributed by atoms with E-state index in [9.17, 15) is 0 Å². The fraction of sp³-hybridized carbons (Fsp3) is 0.111. The largest absolute Gasteiger partial charge is 0.390 e. The van der Waals surface area contributed by atoms with Crippen LogP contribution in [0.15, 0.2) is 30.0 Å². The number of hydrogen-bond acceptors (Lipinski definition) is 3. The van der Waals surface area contributed by atoms with Crippen LogP contribution in [0, 0.1) is 0 Å². The highest BCUT2D eigenvalue weighted by Gasteiger charge is 2.08. The summed E-state index contributed by atoms with van der Waals surface area (Å²) in [4.78, 5) is 5.15. The van der Waals surface area contributed by atoms with Gasteiger partial charge in [-0.3, -0.25) is 0 Å². The van der Waals surface area contributed by atoms with Crippen LogP contribution in [0.3, 0.4) is 0 Å². The van der Waals surface area contributed by atoms with E-state index in [1.807, 2.05) is 30.3 Å². The summed E-state index contributed by atoms with van der Waals surface area (Å²) in [5, 5.41) is 8.81. The summed E-state index contributed by atoms with van der Waals surface area (Å²) in [7, 11) is 0. The molecule has 1 aliphatic rings. The van der Waals surface area contributed by atoms with Crippen LogP contribution < -0.4 is 10.3 Å². The lowest BCUT2D eigenvalue weighted by atomic mass is 10.1. The molecule has 62 valence electrons. The van der Waals surface area contributed by atoms with Crippen LogP contribution in [0.25, 0.3) is 6.08 Å². The molecule has 1 heterocycles. The number of aliphatic hydroxyl groups excluding tert-OH is 1. The summed E-state index contributed by atoms with van der Waals surface area (Å²) in [5.74, 6) is 0.787. The van der Waals surface area contributed by atoms with Crippen molar-refractivity contribution in [1.82, 2.24) is 5.48 Å². The molecule has 0 saturated heterocycles. The van der Waals surface area contributed by atoms with Gasteiger partial charge in [-0.1, -0.05) is 18.2 Å². The molecule has 1 aromatic rings. The van der Waals surface area contributed by atoms with Crippen molar-refractivity contribution in [2.24, 2.45) is 0 Å². The molecule has 0 aliphatic carbocycles. The van der Waals surface area contributed by atoms with Crippen molar-refractivity contribution in [3.8, 4) is 5.75 Å². The lowest BCUT2D eigenvalue weighted by Gasteiger charge is -2.16. The van der Waals surface area contributed by atoms with E-state index in [1.165, 1.54) is 0 Å². The molecule has 0 radical (unpaired) electrons. The van der Waals surface area contributed by atoms with Crippen molar-refractivity contribution in [3.63, 3.8) is 0 Å². The van der Waals surface area contributed by atoms with Gasteiger partial charge in [0, 0.05) is 5.56 Å². The Labute approximate surface area is 70.2 Å². The molecule has 0 spiro atoms. The molecule has 0 fully saturated rings. The smallest absolute Gasteiger partial charge is 0.162 e. The predicted octanol–water partition coefficient (Wildman–Crippen LogP) is 0.917. The maximum absolute atomic E-state index is 8.81. The van der Waals surface area contributed by atoms with Crippen molar-refractivity contribution in [2.45, 2.75) is 0 Å². The highest BCUT2D eigenvalue weighted by atomic mass is 16.6. The maximum Gasteiger partial charge on any atom is 0.162 e. The van der Waals surface area contributed by atoms with Gasteiger partial charge < -0.3 is 9.94 Å². The molecule has 0 saturated carbocycles. The summed E-state index contributed by atoms with van der Waals surface area (Å²) < 4.78 is 0. The highest BCUT2D eigenvalue weighted by molar-refractivity contribution is 5.60. The van der Waals surface area contributed by atoms with E-state index in [0.717, 1.165) is 11.3 Å². The Hall–Kier alpha value is -1.48. The van der Waals surface area contributed by atoms with E-state index in [0.29, 0.717) is 5.70 Å². The zero-order valence-corrected chi connectivity index (χ0v) is 6.45. The topological polar surface area (TPSA) is 41.5 Å². The minimum absolute atomic E-state index is 0.0334. The fourth-order valence-corrected chi connectivity index (χ4v) is 1.11. The minimum Gasteiger partial charge on any atom is -0.390 e. The van der Waals surface area contributed by atoms with Crippen LogP contribution in [0.4, 0.5) is 0 Å². The Morgan fingerprint density at radius 1 is 1.33 bits per heavy atom. The first kappa shape index (κ1) is 7.18. The molecule has 0 unspecified atom stereocenters. The molecule has 3 heteroatoms. The number of hydroxylamine groups is 1. The first-order valence-electron chi connectivity index (χ1n) is 3.73. The van der Waals surface area contributed by atoms with Gasteiger partial charge in [0.1, 0.15) is 0 Å². The Morgan fingerprint density at radius 3 is 3.00 bits per heavy atom. The Balaban J connectivity index is 2.41. The molecular weight excluding hydrogens is 154 g/mol. The number of fused-ring (bicyclic) bond motifs is 1. The van der Waals surface area contributed by atoms with Crippen molar-refractivity contribution in [2.75, 3.05) is 6.61 Å². The van der Waals surface area contributed by atoms with Crippen LogP contribution >= 0.6 is 0 Å². The number of aliphatic hydroxyl groups is 1. The van der Waals surface area contributed by atoms with Gasteiger partial charge in [0.25, 0.3) is 0 Å². The maximum atomic E-state index is 8.81. The molecule has 0 amide bonds. The Bertz CT molecular complexity index is 320. The minimum atomic E-state index is -0.0334. The van der Waals surface area contributed by atoms with Gasteiger partial charge in [-0.2, -0.15) is 0 Å². The number of benzene rings is 1. The third kappa shape index (κ3) is 1.14. The standard InChI is InChI=1S/C9H9NO2/c11-6-8-5-7-3-1-2-4-9(7)12-10-8/h1-5,10-11H,6H2. The molecule has 1 aromatic carbocycles. The third-order valence-electron chi connectivity index (χ3n) is 1.71. The van der Waals surface area contributed by atoms with E-state index in [1.54, 1.807) is 0 Å². The summed E-state index contributed by atoms with van der Waals surface area (Å²) in [6.45, 7) is -0.0334. The van der Waals surface area contributed by atoms with Crippen LogP contribution in [-0.4, -0.2) is 11.7 Å². The van der Waals surface area contributed by atoms with E-state index in [4.69, 9.17) is 9.94 Å². The van der Waals surface area contributed by atoms with Crippen molar-refractivity contribution >= 4 is 6.08 Å². The second-order valence-corrected chi connectivity index (χ2v) is 2.57. The molecule has 0 bridgehead atoms. The van der Waals surface area contributed by atoms with Gasteiger partial charge in [0.15, 0.2) is 5.75 Å². The average Bonchev–Trinajstić information content (AvgIpc) is 2.17. The fourth-order valence-electron chi connectivity index (χ4n) is 1.11. The third-order valence-corrected chi connectivity index (χ3v) is 1.71. The average molecular weight is 163 g/mol. The van der Waals surface area contributed by atoms with Crippen molar-refractivity contribution in [1.29, 1.82) is 0 Å². The molecule has 1 aliphatic heterocycles. The second kappa shape index (κ2) is 2.87. The normalized spacial score (nSPS) is 13.9. The van der Waals surface area contributed by atoms with Gasteiger partial charge in [0.05, 0.1) is 12.3 Å². The van der Waals surface area contributed by atoms with E-state index >= 15 is 0 Å².